The third-order valence-corrected chi connectivity index (χ3v) is 4.59. The highest BCUT2D eigenvalue weighted by atomic mass is 32.2. The van der Waals surface area contributed by atoms with E-state index in [1.54, 1.807) is 18.3 Å². The normalized spacial score (nSPS) is 12.8. The fraction of sp³-hybridized carbons (Fsp3) is 0.0769. The molecule has 2 aromatic rings. The van der Waals surface area contributed by atoms with Gasteiger partial charge in [0.2, 0.25) is 10.0 Å². The maximum absolute atomic E-state index is 12.4. The van der Waals surface area contributed by atoms with Crippen molar-refractivity contribution in [3.8, 4) is 0 Å². The van der Waals surface area contributed by atoms with Gasteiger partial charge in [-0.1, -0.05) is 12.1 Å². The Labute approximate surface area is 111 Å². The second-order valence-corrected chi connectivity index (χ2v) is 5.84. The van der Waals surface area contributed by atoms with Crippen LogP contribution >= 0.6 is 0 Å². The van der Waals surface area contributed by atoms with E-state index in [4.69, 9.17) is 0 Å². The van der Waals surface area contributed by atoms with Crippen LogP contribution in [0.15, 0.2) is 55.6 Å². The van der Waals surface area contributed by atoms with Crippen LogP contribution in [0.25, 0.3) is 0 Å². The van der Waals surface area contributed by atoms with Crippen molar-refractivity contribution >= 4 is 16.3 Å². The van der Waals surface area contributed by atoms with Gasteiger partial charge in [0.15, 0.2) is 6.29 Å². The number of aromatic nitrogens is 2. The van der Waals surface area contributed by atoms with Crippen molar-refractivity contribution < 1.29 is 13.2 Å². The van der Waals surface area contributed by atoms with Gasteiger partial charge in [-0.15, -0.1) is 6.58 Å². The molecule has 1 unspecified atom stereocenters. The quantitative estimate of drug-likeness (QED) is 0.617. The minimum absolute atomic E-state index is 0.303. The Morgan fingerprint density at radius 1 is 1.37 bits per heavy atom. The fourth-order valence-electron chi connectivity index (χ4n) is 1.73. The average Bonchev–Trinajstić information content (AvgIpc) is 2.90. The number of hydrogen-bond acceptors (Lipinski definition) is 4. The number of aldehydes is 1. The van der Waals surface area contributed by atoms with Crippen LogP contribution in [0.2, 0.25) is 0 Å². The van der Waals surface area contributed by atoms with E-state index in [2.05, 4.69) is 11.6 Å². The highest BCUT2D eigenvalue weighted by Gasteiger charge is 2.26. The molecule has 5 nitrogen and oxygen atoms in total. The maximum atomic E-state index is 12.4. The predicted molar refractivity (Wildman–Crippen MR) is 71.3 cm³/mol. The molecule has 2 heterocycles. The Balaban J connectivity index is 2.48. The highest BCUT2D eigenvalue weighted by Crippen LogP contribution is 2.25. The average molecular weight is 276 g/mol. The molecule has 0 aromatic carbocycles. The van der Waals surface area contributed by atoms with Crippen molar-refractivity contribution in [2.45, 2.75) is 5.25 Å². The molecule has 0 aliphatic heterocycles. The van der Waals surface area contributed by atoms with E-state index in [0.29, 0.717) is 17.4 Å². The predicted octanol–water partition coefficient (Wildman–Crippen LogP) is 1.80. The second-order valence-electron chi connectivity index (χ2n) is 3.88. The number of pyridine rings is 1. The van der Waals surface area contributed by atoms with Crippen molar-refractivity contribution in [1.82, 2.24) is 8.96 Å². The minimum atomic E-state index is -3.69. The molecular formula is C13H12N2O3S. The Hall–Kier alpha value is -2.21. The van der Waals surface area contributed by atoms with Gasteiger partial charge in [-0.25, -0.2) is 8.42 Å². The van der Waals surface area contributed by atoms with Crippen molar-refractivity contribution in [3.05, 3.63) is 66.8 Å². The second kappa shape index (κ2) is 5.19. The first-order chi connectivity index (χ1) is 9.09. The first kappa shape index (κ1) is 13.2. The maximum Gasteiger partial charge on any atom is 0.249 e. The van der Waals surface area contributed by atoms with Crippen LogP contribution in [-0.4, -0.2) is 23.7 Å². The molecule has 0 bridgehead atoms. The monoisotopic (exact) mass is 276 g/mol. The Kier molecular flexibility index (Phi) is 3.62. The lowest BCUT2D eigenvalue weighted by molar-refractivity contribution is 0.112. The molecule has 0 aliphatic rings. The standard InChI is InChI=1S/C13H12N2O3S/c1-2-13(12-4-3-6-14-8-12)19(17,18)15-7-5-11(9-15)10-16/h2-10,13H,1H2. The summed E-state index contributed by atoms with van der Waals surface area (Å²) in [7, 11) is -3.69. The molecule has 2 aromatic heterocycles. The Morgan fingerprint density at radius 2 is 2.16 bits per heavy atom. The molecule has 6 heteroatoms. The SMILES string of the molecule is C=CC(c1cccnc1)S(=O)(=O)n1ccc(C=O)c1. The molecule has 0 saturated carbocycles. The number of rotatable bonds is 5. The summed E-state index contributed by atoms with van der Waals surface area (Å²) in [5.41, 5.74) is 0.830. The number of carbonyl (C=O) groups is 1. The van der Waals surface area contributed by atoms with Crippen molar-refractivity contribution in [2.24, 2.45) is 0 Å². The topological polar surface area (TPSA) is 69.0 Å². The number of carbonyl (C=O) groups excluding carboxylic acids is 1. The summed E-state index contributed by atoms with van der Waals surface area (Å²) in [4.78, 5) is 14.5. The number of nitrogens with zero attached hydrogens (tertiary/aromatic N) is 2. The molecular weight excluding hydrogens is 264 g/mol. The summed E-state index contributed by atoms with van der Waals surface area (Å²) in [6, 6.07) is 4.77. The van der Waals surface area contributed by atoms with E-state index in [-0.39, 0.29) is 0 Å². The van der Waals surface area contributed by atoms with Crippen LogP contribution in [0.3, 0.4) is 0 Å². The van der Waals surface area contributed by atoms with Crippen LogP contribution < -0.4 is 0 Å². The third kappa shape index (κ3) is 2.48. The molecule has 0 aliphatic carbocycles. The highest BCUT2D eigenvalue weighted by molar-refractivity contribution is 7.90. The van der Waals surface area contributed by atoms with Gasteiger partial charge in [0.1, 0.15) is 5.25 Å². The molecule has 19 heavy (non-hydrogen) atoms. The van der Waals surface area contributed by atoms with E-state index < -0.39 is 15.3 Å². The van der Waals surface area contributed by atoms with Crippen LogP contribution in [-0.2, 0) is 10.0 Å². The lowest BCUT2D eigenvalue weighted by Crippen LogP contribution is -2.18. The lowest BCUT2D eigenvalue weighted by atomic mass is 10.2. The molecule has 0 spiro atoms. The van der Waals surface area contributed by atoms with E-state index in [0.717, 1.165) is 3.97 Å². The van der Waals surface area contributed by atoms with E-state index >= 15 is 0 Å². The first-order valence-electron chi connectivity index (χ1n) is 5.49. The largest absolute Gasteiger partial charge is 0.298 e. The van der Waals surface area contributed by atoms with Crippen LogP contribution in [0.1, 0.15) is 21.2 Å². The summed E-state index contributed by atoms with van der Waals surface area (Å²) in [5, 5.41) is -0.909. The molecule has 0 saturated heterocycles. The summed E-state index contributed by atoms with van der Waals surface area (Å²) >= 11 is 0. The van der Waals surface area contributed by atoms with Gasteiger partial charge in [-0.05, 0) is 17.7 Å². The van der Waals surface area contributed by atoms with E-state index in [9.17, 15) is 13.2 Å². The van der Waals surface area contributed by atoms with Gasteiger partial charge >= 0.3 is 0 Å². The van der Waals surface area contributed by atoms with Gasteiger partial charge in [-0.2, -0.15) is 0 Å². The Bertz CT molecular complexity index is 690. The van der Waals surface area contributed by atoms with Gasteiger partial charge in [0.05, 0.1) is 0 Å². The smallest absolute Gasteiger partial charge is 0.249 e. The van der Waals surface area contributed by atoms with Crippen molar-refractivity contribution in [1.29, 1.82) is 0 Å². The summed E-state index contributed by atoms with van der Waals surface area (Å²) in [6.07, 6.45) is 7.59. The van der Waals surface area contributed by atoms with Gasteiger partial charge < -0.3 is 0 Å². The molecule has 2 rings (SSSR count). The van der Waals surface area contributed by atoms with Crippen LogP contribution in [0, 0.1) is 0 Å². The van der Waals surface area contributed by atoms with Crippen LogP contribution in [0.5, 0.6) is 0 Å². The summed E-state index contributed by atoms with van der Waals surface area (Å²) in [5.74, 6) is 0. The minimum Gasteiger partial charge on any atom is -0.298 e. The lowest BCUT2D eigenvalue weighted by Gasteiger charge is -2.14. The van der Waals surface area contributed by atoms with Crippen molar-refractivity contribution in [2.75, 3.05) is 0 Å². The van der Waals surface area contributed by atoms with Crippen molar-refractivity contribution in [3.63, 3.8) is 0 Å². The summed E-state index contributed by atoms with van der Waals surface area (Å²) in [6.45, 7) is 3.57. The zero-order valence-corrected chi connectivity index (χ0v) is 10.8. The van der Waals surface area contributed by atoms with Gasteiger partial charge in [-0.3, -0.25) is 13.8 Å². The molecule has 0 N–H and O–H groups in total. The third-order valence-electron chi connectivity index (χ3n) is 2.67. The fourth-order valence-corrected chi connectivity index (χ4v) is 3.21. The molecule has 0 radical (unpaired) electrons. The first-order valence-corrected chi connectivity index (χ1v) is 7.00. The van der Waals surface area contributed by atoms with E-state index in [1.807, 2.05) is 0 Å². The summed E-state index contributed by atoms with van der Waals surface area (Å²) < 4.78 is 25.9. The molecule has 0 amide bonds. The molecule has 98 valence electrons. The molecule has 0 fully saturated rings. The number of hydrogen-bond donors (Lipinski definition) is 0. The Morgan fingerprint density at radius 3 is 2.68 bits per heavy atom. The van der Waals surface area contributed by atoms with E-state index in [1.165, 1.54) is 30.7 Å². The van der Waals surface area contributed by atoms with Gasteiger partial charge in [0, 0.05) is 30.4 Å². The zero-order chi connectivity index (χ0) is 13.9. The molecule has 1 atom stereocenters. The van der Waals surface area contributed by atoms with Gasteiger partial charge in [0.25, 0.3) is 0 Å². The van der Waals surface area contributed by atoms with Crippen LogP contribution in [0.4, 0.5) is 0 Å². The zero-order valence-electron chi connectivity index (χ0n) is 10.0.